The van der Waals surface area contributed by atoms with Crippen molar-refractivity contribution in [3.63, 3.8) is 0 Å². The lowest BCUT2D eigenvalue weighted by molar-refractivity contribution is 0.482. The molecule has 0 aliphatic rings. The molecule has 0 amide bonds. The summed E-state index contributed by atoms with van der Waals surface area (Å²) >= 11 is 0. The van der Waals surface area contributed by atoms with Gasteiger partial charge in [-0.25, -0.2) is 10.5 Å². The van der Waals surface area contributed by atoms with Gasteiger partial charge in [-0.05, 0) is 31.4 Å². The predicted molar refractivity (Wildman–Crippen MR) is 122 cm³/mol. The summed E-state index contributed by atoms with van der Waals surface area (Å²) in [6.45, 7) is 3.61. The van der Waals surface area contributed by atoms with Gasteiger partial charge in [0.15, 0.2) is 5.75 Å². The topological polar surface area (TPSA) is 204 Å². The zero-order valence-electron chi connectivity index (χ0n) is 18.3. The summed E-state index contributed by atoms with van der Waals surface area (Å²) in [5, 5.41) is 15.6. The van der Waals surface area contributed by atoms with Gasteiger partial charge in [-0.2, -0.15) is 23.5 Å². The Morgan fingerprint density at radius 3 is 2.09 bits per heavy atom. The molecule has 0 unspecified atom stereocenters. The molecule has 1 heterocycles. The van der Waals surface area contributed by atoms with Crippen molar-refractivity contribution in [1.82, 2.24) is 15.0 Å². The maximum Gasteiger partial charge on any atom is 0.425 e. The number of nitrogens with zero attached hydrogens (tertiary/aromatic N) is 5. The van der Waals surface area contributed by atoms with E-state index in [1.165, 1.54) is 0 Å². The molecule has 33 heavy (non-hydrogen) atoms. The van der Waals surface area contributed by atoms with Crippen LogP contribution in [0.1, 0.15) is 19.1 Å². The first-order valence-electron chi connectivity index (χ1n) is 8.91. The van der Waals surface area contributed by atoms with Crippen LogP contribution < -0.4 is 4.90 Å². The number of phenolic OH excluding ortho intramolecular Hbond substituents is 1. The average Bonchev–Trinajstić information content (AvgIpc) is 2.67. The van der Waals surface area contributed by atoms with E-state index < -0.39 is 20.7 Å². The van der Waals surface area contributed by atoms with Crippen LogP contribution in [0.3, 0.4) is 0 Å². The molecule has 2 aromatic carbocycles. The molecule has 0 radical (unpaired) electrons. The van der Waals surface area contributed by atoms with E-state index in [0.717, 1.165) is 11.1 Å². The highest BCUT2D eigenvalue weighted by Crippen LogP contribution is 2.41. The summed E-state index contributed by atoms with van der Waals surface area (Å²) in [4.78, 5) is 14.7. The minimum absolute atomic E-state index is 0. The molecule has 0 saturated carbocycles. The van der Waals surface area contributed by atoms with E-state index in [-0.39, 0.29) is 18.9 Å². The predicted octanol–water partition coefficient (Wildman–Crippen LogP) is 2.91. The lowest BCUT2D eigenvalue weighted by Crippen LogP contribution is -2.15. The molecule has 1 aromatic heterocycles. The largest absolute Gasteiger partial charge is 0.505 e. The Morgan fingerprint density at radius 1 is 1.09 bits per heavy atom. The maximum absolute atomic E-state index is 10.5. The smallest absolute Gasteiger partial charge is 0.425 e. The molecule has 0 saturated heterocycles. The van der Waals surface area contributed by atoms with Crippen LogP contribution >= 0.6 is 0 Å². The van der Waals surface area contributed by atoms with Crippen molar-refractivity contribution in [2.45, 2.75) is 21.3 Å². The first-order chi connectivity index (χ1) is 15.2. The van der Waals surface area contributed by atoms with E-state index in [9.17, 15) is 13.5 Å². The molecular weight excluding hydrogens is 476 g/mol. The van der Waals surface area contributed by atoms with Gasteiger partial charge in [-0.1, -0.05) is 25.6 Å². The highest BCUT2D eigenvalue weighted by Gasteiger charge is 2.16. The van der Waals surface area contributed by atoms with Crippen LogP contribution in [0.15, 0.2) is 35.4 Å². The minimum Gasteiger partial charge on any atom is -0.505 e. The van der Waals surface area contributed by atoms with Crippen molar-refractivity contribution in [3.8, 4) is 5.75 Å². The van der Waals surface area contributed by atoms with Gasteiger partial charge >= 0.3 is 10.6 Å². The fourth-order valence-electron chi connectivity index (χ4n) is 2.55. The average molecular weight is 502 g/mol. The van der Waals surface area contributed by atoms with Gasteiger partial charge in [0.1, 0.15) is 17.3 Å². The molecule has 0 fully saturated rings. The maximum atomic E-state index is 10.5. The molecule has 0 spiro atoms. The third-order valence-corrected chi connectivity index (χ3v) is 3.59. The Bertz CT molecular complexity index is 1350. The van der Waals surface area contributed by atoms with Crippen molar-refractivity contribution in [2.24, 2.45) is 5.11 Å². The molecule has 15 heteroatoms. The number of rotatable bonds is 3. The van der Waals surface area contributed by atoms with E-state index in [2.05, 4.69) is 25.6 Å². The molecule has 3 N–H and O–H groups in total. The molecular formula is C18H24N6O7S2. The number of benzene rings is 2. The number of anilines is 2. The number of hydrogen-bond acceptors (Lipinski definition) is 12. The third-order valence-electron chi connectivity index (χ3n) is 3.59. The highest BCUT2D eigenvalue weighted by atomic mass is 32.2. The first-order valence-corrected chi connectivity index (χ1v) is 11.3. The van der Waals surface area contributed by atoms with Gasteiger partial charge in [0.05, 0.1) is 11.9 Å². The number of aromatic nitrogens is 3. The van der Waals surface area contributed by atoms with E-state index >= 15 is 0 Å². The fourth-order valence-corrected chi connectivity index (χ4v) is 2.55. The van der Waals surface area contributed by atoms with E-state index in [1.54, 1.807) is 24.8 Å². The van der Waals surface area contributed by atoms with Crippen LogP contribution in [-0.2, 0) is 20.7 Å². The van der Waals surface area contributed by atoms with Crippen molar-refractivity contribution in [3.05, 3.63) is 42.0 Å². The zero-order chi connectivity index (χ0) is 25.3. The van der Waals surface area contributed by atoms with Gasteiger partial charge in [0.25, 0.3) is 10.1 Å². The molecule has 0 aliphatic carbocycles. The third kappa shape index (κ3) is 9.63. The van der Waals surface area contributed by atoms with Gasteiger partial charge in [-0.3, -0.25) is 4.55 Å². The number of phenols is 1. The summed E-state index contributed by atoms with van der Waals surface area (Å²) in [5.41, 5.74) is 3.95. The lowest BCUT2D eigenvalue weighted by Gasteiger charge is -2.20. The monoisotopic (exact) mass is 501 g/mol. The van der Waals surface area contributed by atoms with Crippen LogP contribution in [0, 0.1) is 19.4 Å². The zero-order valence-corrected chi connectivity index (χ0v) is 19.0. The van der Waals surface area contributed by atoms with Crippen LogP contribution in [0.2, 0.25) is 1.41 Å². The van der Waals surface area contributed by atoms with Gasteiger partial charge in [-0.15, -0.1) is 12.6 Å². The normalized spacial score (nSPS) is 10.8. The van der Waals surface area contributed by atoms with Crippen LogP contribution in [0.25, 0.3) is 10.8 Å². The second-order valence-electron chi connectivity index (χ2n) is 6.13. The van der Waals surface area contributed by atoms with Crippen molar-refractivity contribution >= 4 is 48.8 Å². The quantitative estimate of drug-likeness (QED) is 0.351. The van der Waals surface area contributed by atoms with E-state index in [0.29, 0.717) is 29.2 Å². The van der Waals surface area contributed by atoms with Gasteiger partial charge in [0, 0.05) is 12.4 Å². The molecule has 3 rings (SSSR count). The standard InChI is InChI=1S/C16H16N6O.CH4O3S.CH4.O3S/c1-9-18-10(2)20-16(19-9)22(3)13-6-4-5-11-7-8-12(21-17)15(23)14(11)13;1-5(2,3)4;;1-4(2)3/h4-8,17,23H,1-3H3;1H3,(H,2,3,4);1H4;/i/hD. The number of hydrogen-bond donors (Lipinski definition) is 3. The Balaban J connectivity index is 0.000000937. The summed E-state index contributed by atoms with van der Waals surface area (Å²) < 4.78 is 58.1. The van der Waals surface area contributed by atoms with Crippen LogP contribution in [0.4, 0.5) is 17.3 Å². The van der Waals surface area contributed by atoms with Crippen molar-refractivity contribution in [2.75, 3.05) is 18.2 Å². The van der Waals surface area contributed by atoms with Crippen molar-refractivity contribution in [1.29, 1.82) is 5.52 Å². The minimum atomic E-state index is -3.67. The highest BCUT2D eigenvalue weighted by molar-refractivity contribution is 7.85. The molecule has 0 aliphatic heterocycles. The Labute approximate surface area is 193 Å². The second kappa shape index (κ2) is 12.5. The summed E-state index contributed by atoms with van der Waals surface area (Å²) in [6, 6.07) is 9.08. The van der Waals surface area contributed by atoms with Crippen LogP contribution in [0.5, 0.6) is 5.75 Å². The summed E-state index contributed by atoms with van der Waals surface area (Å²) in [6.07, 6.45) is 0.715. The second-order valence-corrected chi connectivity index (χ2v) is 8.01. The van der Waals surface area contributed by atoms with E-state index in [4.69, 9.17) is 18.6 Å². The number of aromatic hydroxyl groups is 1. The Morgan fingerprint density at radius 2 is 1.61 bits per heavy atom. The molecule has 0 atom stereocenters. The molecule has 13 nitrogen and oxygen atoms in total. The SMILES string of the molecule is C.CS(=O)(=O)O.O=S(=O)=O.[2H]N=Nc1ccc2cccc(N(C)c3nc(C)nc(C)n3)c2c1O. The number of fused-ring (bicyclic) bond motifs is 1. The lowest BCUT2D eigenvalue weighted by atomic mass is 10.1. The summed E-state index contributed by atoms with van der Waals surface area (Å²) in [7, 11) is -4.96. The molecule has 180 valence electrons. The van der Waals surface area contributed by atoms with Crippen molar-refractivity contribution < 1.29 is 32.1 Å². The van der Waals surface area contributed by atoms with E-state index in [1.807, 2.05) is 31.3 Å². The Hall–Kier alpha value is -3.56. The summed E-state index contributed by atoms with van der Waals surface area (Å²) in [5.74, 6) is 1.70. The number of aryl methyl sites for hydroxylation is 2. The first kappa shape index (κ1) is 27.5. The van der Waals surface area contributed by atoms with Crippen LogP contribution in [-0.4, -0.2) is 59.0 Å². The molecule has 0 bridgehead atoms. The Kier molecular flexibility index (Phi) is 10.4. The fraction of sp³-hybridized carbons (Fsp3) is 0.278. The van der Waals surface area contributed by atoms with Gasteiger partial charge < -0.3 is 10.0 Å². The van der Waals surface area contributed by atoms with Gasteiger partial charge in [0.2, 0.25) is 7.36 Å². The number of nitrogens with one attached hydrogen (secondary N) is 1. The molecule has 3 aromatic rings.